The Kier molecular flexibility index (Phi) is 4.25. The third-order valence-electron chi connectivity index (χ3n) is 3.72. The Morgan fingerprint density at radius 3 is 2.79 bits per heavy atom. The van der Waals surface area contributed by atoms with E-state index in [2.05, 4.69) is 42.9 Å². The van der Waals surface area contributed by atoms with Crippen LogP contribution in [-0.4, -0.2) is 17.0 Å². The molecule has 3 heteroatoms. The number of carbonyl (C=O) groups excluding carboxylic acids is 1. The normalized spacial score (nSPS) is 10.9. The van der Waals surface area contributed by atoms with Crippen molar-refractivity contribution < 1.29 is 4.79 Å². The van der Waals surface area contributed by atoms with E-state index in [0.717, 1.165) is 24.9 Å². The first kappa shape index (κ1) is 13.7. The third-order valence-corrected chi connectivity index (χ3v) is 3.72. The van der Waals surface area contributed by atoms with Crippen molar-refractivity contribution in [3.05, 3.63) is 35.5 Å². The van der Waals surface area contributed by atoms with Crippen LogP contribution in [-0.2, 0) is 18.3 Å². The molecule has 1 N–H and O–H groups in total. The molecule has 1 heterocycles. The van der Waals surface area contributed by atoms with Gasteiger partial charge in [0.2, 0.25) is 5.91 Å². The van der Waals surface area contributed by atoms with Crippen LogP contribution in [0.5, 0.6) is 0 Å². The molecule has 0 bridgehead atoms. The van der Waals surface area contributed by atoms with Gasteiger partial charge < -0.3 is 9.88 Å². The second kappa shape index (κ2) is 5.91. The summed E-state index contributed by atoms with van der Waals surface area (Å²) in [5, 5.41) is 4.17. The van der Waals surface area contributed by atoms with E-state index >= 15 is 0 Å². The number of rotatable bonds is 5. The van der Waals surface area contributed by atoms with Crippen LogP contribution in [0.1, 0.15) is 31.0 Å². The lowest BCUT2D eigenvalue weighted by molar-refractivity contribution is -0.120. The quantitative estimate of drug-likeness (QED) is 0.822. The van der Waals surface area contributed by atoms with Crippen LogP contribution >= 0.6 is 0 Å². The number of para-hydroxylation sites is 1. The first-order valence-electron chi connectivity index (χ1n) is 6.94. The molecule has 0 aliphatic heterocycles. The number of unbranched alkanes of at least 4 members (excludes halogenated alkanes) is 1. The molecule has 102 valence electrons. The maximum atomic E-state index is 12.0. The summed E-state index contributed by atoms with van der Waals surface area (Å²) in [6.45, 7) is 4.98. The van der Waals surface area contributed by atoms with E-state index in [1.165, 1.54) is 16.6 Å². The summed E-state index contributed by atoms with van der Waals surface area (Å²) in [6.07, 6.45) is 2.62. The number of nitrogens with zero attached hydrogens (tertiary/aromatic N) is 1. The first-order chi connectivity index (χ1) is 9.15. The van der Waals surface area contributed by atoms with E-state index < -0.39 is 0 Å². The summed E-state index contributed by atoms with van der Waals surface area (Å²) in [5.41, 5.74) is 3.51. The van der Waals surface area contributed by atoms with Gasteiger partial charge in [0, 0.05) is 30.2 Å². The minimum atomic E-state index is 0.118. The van der Waals surface area contributed by atoms with Crippen molar-refractivity contribution in [2.45, 2.75) is 33.1 Å². The van der Waals surface area contributed by atoms with Gasteiger partial charge >= 0.3 is 0 Å². The maximum Gasteiger partial charge on any atom is 0.224 e. The number of benzene rings is 1. The summed E-state index contributed by atoms with van der Waals surface area (Å²) < 4.78 is 2.16. The van der Waals surface area contributed by atoms with Gasteiger partial charge in [-0.1, -0.05) is 31.5 Å². The highest BCUT2D eigenvalue weighted by Gasteiger charge is 2.14. The summed E-state index contributed by atoms with van der Waals surface area (Å²) in [7, 11) is 2.05. The predicted octanol–water partition coefficient (Wildman–Crippen LogP) is 2.95. The average Bonchev–Trinajstić information content (AvgIpc) is 2.65. The van der Waals surface area contributed by atoms with Crippen LogP contribution in [0.4, 0.5) is 0 Å². The summed E-state index contributed by atoms with van der Waals surface area (Å²) >= 11 is 0. The van der Waals surface area contributed by atoms with E-state index in [0.29, 0.717) is 6.42 Å². The molecule has 1 aromatic carbocycles. The highest BCUT2D eigenvalue weighted by molar-refractivity contribution is 5.90. The van der Waals surface area contributed by atoms with Crippen molar-refractivity contribution in [1.82, 2.24) is 9.88 Å². The number of carbonyl (C=O) groups is 1. The molecule has 0 radical (unpaired) electrons. The number of hydrogen-bond acceptors (Lipinski definition) is 1. The Morgan fingerprint density at radius 1 is 1.32 bits per heavy atom. The number of fused-ring (bicyclic) bond motifs is 1. The Labute approximate surface area is 114 Å². The van der Waals surface area contributed by atoms with E-state index in [-0.39, 0.29) is 5.91 Å². The molecule has 1 amide bonds. The molecule has 1 aromatic heterocycles. The molecule has 2 rings (SSSR count). The maximum absolute atomic E-state index is 12.0. The lowest BCUT2D eigenvalue weighted by atomic mass is 10.1. The van der Waals surface area contributed by atoms with Gasteiger partial charge in [-0.2, -0.15) is 0 Å². The molecule has 0 saturated carbocycles. The van der Waals surface area contributed by atoms with Crippen LogP contribution in [0, 0.1) is 6.92 Å². The van der Waals surface area contributed by atoms with Crippen molar-refractivity contribution in [3.63, 3.8) is 0 Å². The largest absolute Gasteiger partial charge is 0.356 e. The standard InChI is InChI=1S/C16H22N2O/c1-4-5-10-17-16(19)11-14-12(2)18(3)15-9-7-6-8-13(14)15/h6-9H,4-5,10-11H2,1-3H3,(H,17,19). The molecule has 0 aliphatic carbocycles. The van der Waals surface area contributed by atoms with Gasteiger partial charge in [-0.05, 0) is 25.0 Å². The fourth-order valence-electron chi connectivity index (χ4n) is 2.45. The van der Waals surface area contributed by atoms with E-state index in [9.17, 15) is 4.79 Å². The summed E-state index contributed by atoms with van der Waals surface area (Å²) in [4.78, 5) is 12.0. The van der Waals surface area contributed by atoms with Gasteiger partial charge in [0.25, 0.3) is 0 Å². The average molecular weight is 258 g/mol. The van der Waals surface area contributed by atoms with Gasteiger partial charge in [-0.25, -0.2) is 0 Å². The molecule has 19 heavy (non-hydrogen) atoms. The molecule has 0 aliphatic rings. The molecule has 3 nitrogen and oxygen atoms in total. The zero-order chi connectivity index (χ0) is 13.8. The van der Waals surface area contributed by atoms with Crippen LogP contribution in [0.15, 0.2) is 24.3 Å². The first-order valence-corrected chi connectivity index (χ1v) is 6.94. The van der Waals surface area contributed by atoms with Gasteiger partial charge in [0.05, 0.1) is 6.42 Å². The highest BCUT2D eigenvalue weighted by atomic mass is 16.1. The molecule has 0 atom stereocenters. The van der Waals surface area contributed by atoms with Crippen molar-refractivity contribution in [1.29, 1.82) is 0 Å². The van der Waals surface area contributed by atoms with Crippen LogP contribution in [0.3, 0.4) is 0 Å². The lowest BCUT2D eigenvalue weighted by Crippen LogP contribution is -2.26. The van der Waals surface area contributed by atoms with E-state index in [1.807, 2.05) is 12.1 Å². The van der Waals surface area contributed by atoms with Crippen molar-refractivity contribution in [2.75, 3.05) is 6.54 Å². The Hall–Kier alpha value is -1.77. The highest BCUT2D eigenvalue weighted by Crippen LogP contribution is 2.24. The second-order valence-electron chi connectivity index (χ2n) is 5.02. The minimum Gasteiger partial charge on any atom is -0.356 e. The second-order valence-corrected chi connectivity index (χ2v) is 5.02. The minimum absolute atomic E-state index is 0.118. The summed E-state index contributed by atoms with van der Waals surface area (Å²) in [5.74, 6) is 0.118. The van der Waals surface area contributed by atoms with Gasteiger partial charge in [0.1, 0.15) is 0 Å². The fraction of sp³-hybridized carbons (Fsp3) is 0.438. The Balaban J connectivity index is 2.21. The molecule has 0 unspecified atom stereocenters. The number of nitrogens with one attached hydrogen (secondary N) is 1. The topological polar surface area (TPSA) is 34.0 Å². The van der Waals surface area contributed by atoms with Crippen molar-refractivity contribution in [2.24, 2.45) is 7.05 Å². The molecular formula is C16H22N2O. The van der Waals surface area contributed by atoms with Gasteiger partial charge in [0.15, 0.2) is 0 Å². The third kappa shape index (κ3) is 2.80. The van der Waals surface area contributed by atoms with Crippen LogP contribution < -0.4 is 5.32 Å². The number of aryl methyl sites for hydroxylation is 1. The lowest BCUT2D eigenvalue weighted by Gasteiger charge is -2.05. The van der Waals surface area contributed by atoms with Gasteiger partial charge in [-0.15, -0.1) is 0 Å². The van der Waals surface area contributed by atoms with Crippen molar-refractivity contribution in [3.8, 4) is 0 Å². The molecular weight excluding hydrogens is 236 g/mol. The zero-order valence-electron chi connectivity index (χ0n) is 12.0. The van der Waals surface area contributed by atoms with E-state index in [4.69, 9.17) is 0 Å². The predicted molar refractivity (Wildman–Crippen MR) is 79.3 cm³/mol. The smallest absolute Gasteiger partial charge is 0.224 e. The SMILES string of the molecule is CCCCNC(=O)Cc1c(C)n(C)c2ccccc12. The molecule has 2 aromatic rings. The number of hydrogen-bond donors (Lipinski definition) is 1. The van der Waals surface area contributed by atoms with Crippen LogP contribution in [0.2, 0.25) is 0 Å². The summed E-state index contributed by atoms with van der Waals surface area (Å²) in [6, 6.07) is 8.25. The molecule has 0 spiro atoms. The molecule has 0 fully saturated rings. The Bertz CT molecular complexity index is 584. The van der Waals surface area contributed by atoms with Crippen LogP contribution in [0.25, 0.3) is 10.9 Å². The monoisotopic (exact) mass is 258 g/mol. The Morgan fingerprint density at radius 2 is 2.05 bits per heavy atom. The fourth-order valence-corrected chi connectivity index (χ4v) is 2.45. The number of aromatic nitrogens is 1. The zero-order valence-corrected chi connectivity index (χ0v) is 12.0. The van der Waals surface area contributed by atoms with Crippen molar-refractivity contribution >= 4 is 16.8 Å². The number of amides is 1. The van der Waals surface area contributed by atoms with Gasteiger partial charge in [-0.3, -0.25) is 4.79 Å². The molecule has 0 saturated heterocycles. The van der Waals surface area contributed by atoms with E-state index in [1.54, 1.807) is 0 Å².